The molecule has 0 saturated carbocycles. The van der Waals surface area contributed by atoms with Crippen LogP contribution >= 0.6 is 11.6 Å². The number of esters is 2. The van der Waals surface area contributed by atoms with Crippen molar-refractivity contribution in [3.63, 3.8) is 0 Å². The van der Waals surface area contributed by atoms with Crippen LogP contribution in [-0.2, 0) is 32.2 Å². The molecule has 0 bridgehead atoms. The Morgan fingerprint density at radius 3 is 2.74 bits per heavy atom. The Labute approximate surface area is 161 Å². The van der Waals surface area contributed by atoms with Crippen LogP contribution in [-0.4, -0.2) is 25.8 Å². The van der Waals surface area contributed by atoms with Crippen LogP contribution in [0.2, 0.25) is 5.02 Å². The van der Waals surface area contributed by atoms with Crippen LogP contribution in [0.3, 0.4) is 0 Å². The SMILES string of the molecule is COC(=O)c1ccc(/C=C/C(=O)OCc2cc(Cl)cc3c2OCOC3)cc1. The lowest BCUT2D eigenvalue weighted by molar-refractivity contribution is -0.139. The van der Waals surface area contributed by atoms with E-state index in [2.05, 4.69) is 4.74 Å². The summed E-state index contributed by atoms with van der Waals surface area (Å²) in [4.78, 5) is 23.4. The molecule has 0 aliphatic carbocycles. The Hall–Kier alpha value is -2.83. The van der Waals surface area contributed by atoms with Gasteiger partial charge in [0, 0.05) is 22.2 Å². The first kappa shape index (κ1) is 18.9. The number of ether oxygens (including phenoxy) is 4. The van der Waals surface area contributed by atoms with Crippen LogP contribution < -0.4 is 4.74 Å². The van der Waals surface area contributed by atoms with E-state index in [0.29, 0.717) is 28.5 Å². The van der Waals surface area contributed by atoms with Crippen LogP contribution in [0.25, 0.3) is 6.08 Å². The van der Waals surface area contributed by atoms with E-state index >= 15 is 0 Å². The minimum atomic E-state index is -0.507. The molecule has 1 aliphatic heterocycles. The second-order valence-electron chi connectivity index (χ2n) is 5.72. The maximum atomic E-state index is 12.0. The van der Waals surface area contributed by atoms with Gasteiger partial charge in [0.2, 0.25) is 0 Å². The number of halogens is 1. The molecule has 0 unspecified atom stereocenters. The second-order valence-corrected chi connectivity index (χ2v) is 6.15. The lowest BCUT2D eigenvalue weighted by Gasteiger charge is -2.20. The molecule has 7 heteroatoms. The average Bonchev–Trinajstić information content (AvgIpc) is 2.70. The Kier molecular flexibility index (Phi) is 6.11. The fraction of sp³-hybridized carbons (Fsp3) is 0.200. The summed E-state index contributed by atoms with van der Waals surface area (Å²) in [6.45, 7) is 0.586. The summed E-state index contributed by atoms with van der Waals surface area (Å²) < 4.78 is 20.6. The summed E-state index contributed by atoms with van der Waals surface area (Å²) in [5.41, 5.74) is 2.69. The molecule has 0 radical (unpaired) electrons. The molecule has 1 heterocycles. The number of methoxy groups -OCH3 is 1. The summed E-state index contributed by atoms with van der Waals surface area (Å²) in [5.74, 6) is -0.281. The second kappa shape index (κ2) is 8.70. The highest BCUT2D eigenvalue weighted by molar-refractivity contribution is 6.30. The van der Waals surface area contributed by atoms with Gasteiger partial charge < -0.3 is 18.9 Å². The van der Waals surface area contributed by atoms with Gasteiger partial charge in [-0.3, -0.25) is 0 Å². The third kappa shape index (κ3) is 4.87. The van der Waals surface area contributed by atoms with Crippen molar-refractivity contribution in [2.45, 2.75) is 13.2 Å². The lowest BCUT2D eigenvalue weighted by Crippen LogP contribution is -2.14. The summed E-state index contributed by atoms with van der Waals surface area (Å²) in [7, 11) is 1.32. The van der Waals surface area contributed by atoms with Gasteiger partial charge in [-0.2, -0.15) is 0 Å². The maximum Gasteiger partial charge on any atom is 0.337 e. The zero-order valence-corrected chi connectivity index (χ0v) is 15.3. The molecular weight excluding hydrogens is 372 g/mol. The summed E-state index contributed by atoms with van der Waals surface area (Å²) in [5, 5.41) is 0.523. The zero-order chi connectivity index (χ0) is 19.2. The molecule has 2 aromatic rings. The van der Waals surface area contributed by atoms with Crippen LogP contribution in [0.15, 0.2) is 42.5 Å². The smallest absolute Gasteiger partial charge is 0.337 e. The first-order valence-corrected chi connectivity index (χ1v) is 8.49. The van der Waals surface area contributed by atoms with Crippen molar-refractivity contribution in [1.29, 1.82) is 0 Å². The van der Waals surface area contributed by atoms with Crippen LogP contribution in [0.1, 0.15) is 27.0 Å². The average molecular weight is 389 g/mol. The molecule has 2 aromatic carbocycles. The number of rotatable bonds is 5. The number of carbonyl (C=O) groups is 2. The predicted octanol–water partition coefficient (Wildman–Crippen LogP) is 3.75. The molecule has 3 rings (SSSR count). The molecule has 140 valence electrons. The van der Waals surface area contributed by atoms with Crippen molar-refractivity contribution >= 4 is 29.6 Å². The molecule has 27 heavy (non-hydrogen) atoms. The van der Waals surface area contributed by atoms with E-state index in [0.717, 1.165) is 11.1 Å². The van der Waals surface area contributed by atoms with E-state index in [1.54, 1.807) is 42.5 Å². The van der Waals surface area contributed by atoms with Gasteiger partial charge in [0.15, 0.2) is 6.79 Å². The van der Waals surface area contributed by atoms with E-state index in [4.69, 9.17) is 25.8 Å². The topological polar surface area (TPSA) is 71.1 Å². The Bertz CT molecular complexity index is 873. The number of hydrogen-bond donors (Lipinski definition) is 0. The molecule has 0 N–H and O–H groups in total. The maximum absolute atomic E-state index is 12.0. The Morgan fingerprint density at radius 2 is 2.00 bits per heavy atom. The van der Waals surface area contributed by atoms with E-state index < -0.39 is 11.9 Å². The molecule has 0 spiro atoms. The normalized spacial score (nSPS) is 13.0. The molecule has 1 aliphatic rings. The van der Waals surface area contributed by atoms with Gasteiger partial charge in [-0.25, -0.2) is 9.59 Å². The molecule has 0 saturated heterocycles. The largest absolute Gasteiger partial charge is 0.467 e. The van der Waals surface area contributed by atoms with Gasteiger partial charge in [-0.1, -0.05) is 23.7 Å². The van der Waals surface area contributed by atoms with Crippen LogP contribution in [0.5, 0.6) is 5.75 Å². The van der Waals surface area contributed by atoms with E-state index in [1.165, 1.54) is 13.2 Å². The predicted molar refractivity (Wildman–Crippen MR) is 98.3 cm³/mol. The minimum absolute atomic E-state index is 0.0351. The van der Waals surface area contributed by atoms with Crippen molar-refractivity contribution in [3.8, 4) is 5.75 Å². The number of carbonyl (C=O) groups excluding carboxylic acids is 2. The molecular formula is C20H17ClO6. The lowest BCUT2D eigenvalue weighted by atomic mass is 10.1. The van der Waals surface area contributed by atoms with Gasteiger partial charge in [-0.05, 0) is 35.9 Å². The monoisotopic (exact) mass is 388 g/mol. The van der Waals surface area contributed by atoms with Crippen LogP contribution in [0, 0.1) is 0 Å². The summed E-state index contributed by atoms with van der Waals surface area (Å²) >= 11 is 6.09. The van der Waals surface area contributed by atoms with E-state index in [-0.39, 0.29) is 13.4 Å². The van der Waals surface area contributed by atoms with Gasteiger partial charge in [-0.15, -0.1) is 0 Å². The third-order valence-corrected chi connectivity index (χ3v) is 4.08. The first-order chi connectivity index (χ1) is 13.1. The molecule has 0 fully saturated rings. The third-order valence-electron chi connectivity index (χ3n) is 3.87. The molecule has 6 nitrogen and oxygen atoms in total. The fourth-order valence-electron chi connectivity index (χ4n) is 2.57. The zero-order valence-electron chi connectivity index (χ0n) is 14.6. The molecule has 0 atom stereocenters. The van der Waals surface area contributed by atoms with Crippen molar-refractivity contribution in [3.05, 3.63) is 69.8 Å². The molecule has 0 aromatic heterocycles. The highest BCUT2D eigenvalue weighted by atomic mass is 35.5. The first-order valence-electron chi connectivity index (χ1n) is 8.12. The highest BCUT2D eigenvalue weighted by Gasteiger charge is 2.17. The van der Waals surface area contributed by atoms with Crippen molar-refractivity contribution in [2.24, 2.45) is 0 Å². The van der Waals surface area contributed by atoms with Crippen LogP contribution in [0.4, 0.5) is 0 Å². The fourth-order valence-corrected chi connectivity index (χ4v) is 2.84. The van der Waals surface area contributed by atoms with E-state index in [9.17, 15) is 9.59 Å². The Morgan fingerprint density at radius 1 is 1.22 bits per heavy atom. The minimum Gasteiger partial charge on any atom is -0.467 e. The van der Waals surface area contributed by atoms with Gasteiger partial charge in [0.05, 0.1) is 19.3 Å². The number of fused-ring (bicyclic) bond motifs is 1. The Balaban J connectivity index is 1.61. The van der Waals surface area contributed by atoms with Crippen molar-refractivity contribution in [1.82, 2.24) is 0 Å². The number of benzene rings is 2. The summed E-state index contributed by atoms with van der Waals surface area (Å²) in [6.07, 6.45) is 2.91. The standard InChI is InChI=1S/C20H17ClO6/c1-24-20(23)14-5-2-13(3-6-14)4-7-18(22)26-11-16-9-17(21)8-15-10-25-12-27-19(15)16/h2-9H,10-12H2,1H3/b7-4+. The van der Waals surface area contributed by atoms with E-state index in [1.807, 2.05) is 0 Å². The highest BCUT2D eigenvalue weighted by Crippen LogP contribution is 2.32. The van der Waals surface area contributed by atoms with Crippen molar-refractivity contribution < 1.29 is 28.5 Å². The van der Waals surface area contributed by atoms with Gasteiger partial charge in [0.1, 0.15) is 12.4 Å². The quantitative estimate of drug-likeness (QED) is 0.574. The van der Waals surface area contributed by atoms with Gasteiger partial charge >= 0.3 is 11.9 Å². The molecule has 0 amide bonds. The summed E-state index contributed by atoms with van der Waals surface area (Å²) in [6, 6.07) is 10.1. The number of hydrogen-bond acceptors (Lipinski definition) is 6. The van der Waals surface area contributed by atoms with Crippen molar-refractivity contribution in [2.75, 3.05) is 13.9 Å². The van der Waals surface area contributed by atoms with Gasteiger partial charge in [0.25, 0.3) is 0 Å².